The van der Waals surface area contributed by atoms with Crippen molar-refractivity contribution < 1.29 is 13.9 Å². The smallest absolute Gasteiger partial charge is 0.298 e. The number of para-hydroxylation sites is 2. The maximum absolute atomic E-state index is 13.0. The largest absolute Gasteiger partial charge is 0.423 e. The van der Waals surface area contributed by atoms with Gasteiger partial charge in [-0.25, -0.2) is 0 Å². The quantitative estimate of drug-likeness (QED) is 0.861. The number of benzene rings is 1. The molecule has 2 fully saturated rings. The summed E-state index contributed by atoms with van der Waals surface area (Å²) in [5.41, 5.74) is 1.38. The molecule has 2 aliphatic heterocycles. The van der Waals surface area contributed by atoms with Gasteiger partial charge in [-0.15, -0.1) is 0 Å². The van der Waals surface area contributed by atoms with Crippen LogP contribution in [0.3, 0.4) is 0 Å². The first-order valence-corrected chi connectivity index (χ1v) is 8.61. The normalized spacial score (nSPS) is 24.5. The Labute approximate surface area is 141 Å². The third kappa shape index (κ3) is 2.55. The summed E-state index contributed by atoms with van der Waals surface area (Å²) in [6.45, 7) is 3.63. The van der Waals surface area contributed by atoms with Crippen molar-refractivity contribution in [2.24, 2.45) is 5.41 Å². The second-order valence-electron chi connectivity index (χ2n) is 6.80. The van der Waals surface area contributed by atoms with Gasteiger partial charge in [0, 0.05) is 33.3 Å². The van der Waals surface area contributed by atoms with Crippen LogP contribution in [0.4, 0.5) is 6.01 Å². The standard InChI is InChI=1S/C18H23N3O3/c1-23-12-11-20-9-4-7-18(16(20)22)8-10-21(13-18)17-19-14-5-2-3-6-15(14)24-17/h2-3,5-6H,4,7-13H2,1H3/t18-/m1/s1. The van der Waals surface area contributed by atoms with Crippen LogP contribution in [0.2, 0.25) is 0 Å². The number of methoxy groups -OCH3 is 1. The number of piperidine rings is 1. The molecule has 6 heteroatoms. The van der Waals surface area contributed by atoms with Gasteiger partial charge in [0.25, 0.3) is 6.01 Å². The SMILES string of the molecule is COCCN1CCC[C@]2(CCN(c3nc4ccccc4o3)C2)C1=O. The van der Waals surface area contributed by atoms with Crippen LogP contribution in [-0.4, -0.2) is 55.7 Å². The van der Waals surface area contributed by atoms with Crippen molar-refractivity contribution in [3.8, 4) is 0 Å². The minimum atomic E-state index is -0.285. The van der Waals surface area contributed by atoms with Gasteiger partial charge in [0.2, 0.25) is 5.91 Å². The van der Waals surface area contributed by atoms with Crippen LogP contribution in [0.25, 0.3) is 11.1 Å². The lowest BCUT2D eigenvalue weighted by molar-refractivity contribution is -0.145. The monoisotopic (exact) mass is 329 g/mol. The van der Waals surface area contributed by atoms with E-state index in [0.29, 0.717) is 25.7 Å². The summed E-state index contributed by atoms with van der Waals surface area (Å²) in [4.78, 5) is 21.7. The maximum atomic E-state index is 13.0. The van der Waals surface area contributed by atoms with Gasteiger partial charge in [-0.2, -0.15) is 4.98 Å². The molecule has 0 N–H and O–H groups in total. The predicted octanol–water partition coefficient (Wildman–Crippen LogP) is 2.29. The van der Waals surface area contributed by atoms with Crippen molar-refractivity contribution in [1.29, 1.82) is 0 Å². The fraction of sp³-hybridized carbons (Fsp3) is 0.556. The Bertz CT molecular complexity index is 711. The first-order valence-electron chi connectivity index (χ1n) is 8.61. The molecule has 2 aromatic rings. The molecule has 0 radical (unpaired) electrons. The third-order valence-corrected chi connectivity index (χ3v) is 5.30. The van der Waals surface area contributed by atoms with Crippen LogP contribution in [0.5, 0.6) is 0 Å². The van der Waals surface area contributed by atoms with Crippen LogP contribution in [0.15, 0.2) is 28.7 Å². The molecule has 128 valence electrons. The van der Waals surface area contributed by atoms with Crippen molar-refractivity contribution in [3.05, 3.63) is 24.3 Å². The average molecular weight is 329 g/mol. The first kappa shape index (κ1) is 15.4. The Balaban J connectivity index is 1.53. The van der Waals surface area contributed by atoms with Gasteiger partial charge in [0.05, 0.1) is 12.0 Å². The molecule has 0 aliphatic carbocycles. The van der Waals surface area contributed by atoms with Gasteiger partial charge in [-0.05, 0) is 31.4 Å². The molecule has 2 saturated heterocycles. The molecule has 0 saturated carbocycles. The first-order chi connectivity index (χ1) is 11.7. The Morgan fingerprint density at radius 2 is 2.17 bits per heavy atom. The fourth-order valence-corrected chi connectivity index (χ4v) is 3.98. The molecule has 6 nitrogen and oxygen atoms in total. The fourth-order valence-electron chi connectivity index (χ4n) is 3.98. The number of carbonyl (C=O) groups excluding carboxylic acids is 1. The summed E-state index contributed by atoms with van der Waals surface area (Å²) in [5.74, 6) is 0.268. The van der Waals surface area contributed by atoms with E-state index in [1.54, 1.807) is 7.11 Å². The molecule has 0 unspecified atom stereocenters. The van der Waals surface area contributed by atoms with E-state index in [9.17, 15) is 4.79 Å². The predicted molar refractivity (Wildman–Crippen MR) is 91.0 cm³/mol. The maximum Gasteiger partial charge on any atom is 0.298 e. The van der Waals surface area contributed by atoms with E-state index < -0.39 is 0 Å². The Hall–Kier alpha value is -2.08. The summed E-state index contributed by atoms with van der Waals surface area (Å²) in [6, 6.07) is 8.41. The van der Waals surface area contributed by atoms with Gasteiger partial charge in [-0.3, -0.25) is 4.79 Å². The van der Waals surface area contributed by atoms with Gasteiger partial charge < -0.3 is 19.0 Å². The number of amides is 1. The lowest BCUT2D eigenvalue weighted by Crippen LogP contribution is -2.51. The van der Waals surface area contributed by atoms with Crippen molar-refractivity contribution in [3.63, 3.8) is 0 Å². The number of likely N-dealkylation sites (tertiary alicyclic amines) is 1. The van der Waals surface area contributed by atoms with Crippen molar-refractivity contribution in [1.82, 2.24) is 9.88 Å². The summed E-state index contributed by atoms with van der Waals surface area (Å²) in [7, 11) is 1.68. The van der Waals surface area contributed by atoms with Crippen molar-refractivity contribution >= 4 is 23.0 Å². The lowest BCUT2D eigenvalue weighted by Gasteiger charge is -2.39. The second-order valence-corrected chi connectivity index (χ2v) is 6.80. The molecule has 1 atom stereocenters. The topological polar surface area (TPSA) is 58.8 Å². The van der Waals surface area contributed by atoms with Crippen LogP contribution in [0, 0.1) is 5.41 Å². The highest BCUT2D eigenvalue weighted by atomic mass is 16.5. The molecule has 1 spiro atoms. The number of nitrogens with zero attached hydrogens (tertiary/aromatic N) is 3. The Morgan fingerprint density at radius 3 is 3.00 bits per heavy atom. The van der Waals surface area contributed by atoms with Crippen LogP contribution >= 0.6 is 0 Å². The van der Waals surface area contributed by atoms with Gasteiger partial charge in [0.15, 0.2) is 5.58 Å². The minimum Gasteiger partial charge on any atom is -0.423 e. The van der Waals surface area contributed by atoms with Gasteiger partial charge >= 0.3 is 0 Å². The van der Waals surface area contributed by atoms with E-state index >= 15 is 0 Å². The number of rotatable bonds is 4. The molecule has 1 amide bonds. The highest BCUT2D eigenvalue weighted by Gasteiger charge is 2.49. The Morgan fingerprint density at radius 1 is 1.29 bits per heavy atom. The number of fused-ring (bicyclic) bond motifs is 1. The number of anilines is 1. The number of hydrogen-bond donors (Lipinski definition) is 0. The minimum absolute atomic E-state index is 0.268. The summed E-state index contributed by atoms with van der Waals surface area (Å²) in [6.07, 6.45) is 2.87. The lowest BCUT2D eigenvalue weighted by atomic mass is 9.78. The van der Waals surface area contributed by atoms with E-state index in [-0.39, 0.29) is 11.3 Å². The van der Waals surface area contributed by atoms with E-state index in [4.69, 9.17) is 9.15 Å². The molecular weight excluding hydrogens is 306 g/mol. The molecule has 2 aliphatic rings. The van der Waals surface area contributed by atoms with E-state index in [1.807, 2.05) is 29.2 Å². The van der Waals surface area contributed by atoms with E-state index in [1.165, 1.54) is 0 Å². The second kappa shape index (κ2) is 6.09. The highest BCUT2D eigenvalue weighted by molar-refractivity contribution is 5.85. The molecule has 24 heavy (non-hydrogen) atoms. The summed E-state index contributed by atoms with van der Waals surface area (Å²) in [5, 5.41) is 0. The zero-order valence-electron chi connectivity index (χ0n) is 14.0. The van der Waals surface area contributed by atoms with Crippen molar-refractivity contribution in [2.45, 2.75) is 19.3 Å². The average Bonchev–Trinajstić information content (AvgIpc) is 3.21. The molecule has 0 bridgehead atoms. The number of hydrogen-bond acceptors (Lipinski definition) is 5. The van der Waals surface area contributed by atoms with Crippen LogP contribution in [-0.2, 0) is 9.53 Å². The van der Waals surface area contributed by atoms with Crippen LogP contribution in [0.1, 0.15) is 19.3 Å². The number of carbonyl (C=O) groups is 1. The number of oxazole rings is 1. The number of ether oxygens (including phenoxy) is 1. The highest BCUT2D eigenvalue weighted by Crippen LogP contribution is 2.41. The van der Waals surface area contributed by atoms with Gasteiger partial charge in [-0.1, -0.05) is 12.1 Å². The van der Waals surface area contributed by atoms with Gasteiger partial charge in [0.1, 0.15) is 5.52 Å². The molecule has 1 aromatic heterocycles. The van der Waals surface area contributed by atoms with E-state index in [0.717, 1.165) is 43.5 Å². The molecule has 1 aromatic carbocycles. The molecule has 3 heterocycles. The van der Waals surface area contributed by atoms with Crippen LogP contribution < -0.4 is 4.90 Å². The molecular formula is C18H23N3O3. The van der Waals surface area contributed by atoms with E-state index in [2.05, 4.69) is 9.88 Å². The Kier molecular flexibility index (Phi) is 3.92. The number of aromatic nitrogens is 1. The zero-order valence-corrected chi connectivity index (χ0v) is 14.0. The third-order valence-electron chi connectivity index (χ3n) is 5.30. The summed E-state index contributed by atoms with van der Waals surface area (Å²) >= 11 is 0. The zero-order chi connectivity index (χ0) is 16.6. The molecule has 4 rings (SSSR count). The summed E-state index contributed by atoms with van der Waals surface area (Å²) < 4.78 is 11.0. The van der Waals surface area contributed by atoms with Crippen molar-refractivity contribution in [2.75, 3.05) is 44.8 Å².